The van der Waals surface area contributed by atoms with Gasteiger partial charge < -0.3 is 21.0 Å². The van der Waals surface area contributed by atoms with Crippen LogP contribution in [-0.4, -0.2) is 30.1 Å². The number of carbonyl (C=O) groups excluding carboxylic acids is 1. The van der Waals surface area contributed by atoms with Gasteiger partial charge in [-0.1, -0.05) is 11.6 Å². The molecule has 1 aliphatic rings. The first-order valence-electron chi connectivity index (χ1n) is 6.58. The number of hydrogen-bond acceptors (Lipinski definition) is 4. The van der Waals surface area contributed by atoms with Crippen molar-refractivity contribution in [2.45, 2.75) is 25.3 Å². The van der Waals surface area contributed by atoms with E-state index in [1.807, 2.05) is 0 Å². The second kappa shape index (κ2) is 6.27. The number of methoxy groups -OCH3 is 1. The molecule has 1 aliphatic carbocycles. The summed E-state index contributed by atoms with van der Waals surface area (Å²) in [7, 11) is 1.58. The van der Waals surface area contributed by atoms with Gasteiger partial charge in [0.15, 0.2) is 0 Å². The number of nitrogens with zero attached hydrogens (tertiary/aromatic N) is 1. The standard InChI is InChI=1S/C14H19N3O3/c1-20-10-7-5-9(6-8-10)14(18)16-12-4-2-3-11(12)13(15)17-19/h5-8,11-12,19H,2-4H2,1H3,(H2,15,17)(H,16,18). The fourth-order valence-electron chi connectivity index (χ4n) is 2.56. The van der Waals surface area contributed by atoms with Gasteiger partial charge in [-0.3, -0.25) is 4.79 Å². The normalized spacial score (nSPS) is 22.6. The minimum Gasteiger partial charge on any atom is -0.497 e. The molecule has 0 heterocycles. The lowest BCUT2D eigenvalue weighted by molar-refractivity contribution is 0.0933. The molecule has 2 rings (SSSR count). The van der Waals surface area contributed by atoms with Gasteiger partial charge in [0, 0.05) is 17.5 Å². The zero-order chi connectivity index (χ0) is 14.5. The fourth-order valence-corrected chi connectivity index (χ4v) is 2.56. The Bertz CT molecular complexity index is 499. The fraction of sp³-hybridized carbons (Fsp3) is 0.429. The molecule has 4 N–H and O–H groups in total. The van der Waals surface area contributed by atoms with Crippen molar-refractivity contribution in [3.05, 3.63) is 29.8 Å². The van der Waals surface area contributed by atoms with Crippen molar-refractivity contribution in [2.24, 2.45) is 16.8 Å². The number of ether oxygens (including phenoxy) is 1. The van der Waals surface area contributed by atoms with E-state index in [-0.39, 0.29) is 23.7 Å². The maximum absolute atomic E-state index is 12.2. The summed E-state index contributed by atoms with van der Waals surface area (Å²) in [5.74, 6) is 0.636. The third-order valence-corrected chi connectivity index (χ3v) is 3.68. The average Bonchev–Trinajstić information content (AvgIpc) is 2.94. The number of amides is 1. The summed E-state index contributed by atoms with van der Waals surface area (Å²) >= 11 is 0. The van der Waals surface area contributed by atoms with Crippen LogP contribution in [0, 0.1) is 5.92 Å². The van der Waals surface area contributed by atoms with Gasteiger partial charge in [0.1, 0.15) is 11.6 Å². The van der Waals surface area contributed by atoms with E-state index in [0.717, 1.165) is 19.3 Å². The Morgan fingerprint density at radius 3 is 2.70 bits per heavy atom. The van der Waals surface area contributed by atoms with Gasteiger partial charge in [0.05, 0.1) is 7.11 Å². The lowest BCUT2D eigenvalue weighted by Gasteiger charge is -2.19. The van der Waals surface area contributed by atoms with E-state index >= 15 is 0 Å². The Labute approximate surface area is 117 Å². The van der Waals surface area contributed by atoms with E-state index < -0.39 is 0 Å². The van der Waals surface area contributed by atoms with Crippen LogP contribution in [0.15, 0.2) is 29.4 Å². The highest BCUT2D eigenvalue weighted by Gasteiger charge is 2.31. The van der Waals surface area contributed by atoms with Crippen molar-refractivity contribution in [3.8, 4) is 5.75 Å². The number of amidine groups is 1. The summed E-state index contributed by atoms with van der Waals surface area (Å²) in [6.07, 6.45) is 2.61. The van der Waals surface area contributed by atoms with Gasteiger partial charge in [-0.2, -0.15) is 0 Å². The lowest BCUT2D eigenvalue weighted by atomic mass is 10.0. The first-order valence-corrected chi connectivity index (χ1v) is 6.58. The van der Waals surface area contributed by atoms with Crippen LogP contribution in [0.3, 0.4) is 0 Å². The van der Waals surface area contributed by atoms with Gasteiger partial charge in [0.25, 0.3) is 5.91 Å². The predicted octanol–water partition coefficient (Wildman–Crippen LogP) is 1.34. The van der Waals surface area contributed by atoms with Crippen LogP contribution in [0.2, 0.25) is 0 Å². The number of carbonyl (C=O) groups is 1. The summed E-state index contributed by atoms with van der Waals surface area (Å²) in [5.41, 5.74) is 6.22. The molecule has 2 unspecified atom stereocenters. The molecule has 0 saturated heterocycles. The van der Waals surface area contributed by atoms with Crippen LogP contribution in [0.1, 0.15) is 29.6 Å². The van der Waals surface area contributed by atoms with E-state index in [0.29, 0.717) is 11.3 Å². The van der Waals surface area contributed by atoms with Crippen molar-refractivity contribution in [1.82, 2.24) is 5.32 Å². The number of rotatable bonds is 4. The minimum absolute atomic E-state index is 0.0829. The van der Waals surface area contributed by atoms with E-state index in [4.69, 9.17) is 15.7 Å². The first-order chi connectivity index (χ1) is 9.65. The smallest absolute Gasteiger partial charge is 0.251 e. The monoisotopic (exact) mass is 277 g/mol. The number of hydrogen-bond donors (Lipinski definition) is 3. The van der Waals surface area contributed by atoms with Gasteiger partial charge in [-0.25, -0.2) is 0 Å². The topological polar surface area (TPSA) is 96.9 Å². The third kappa shape index (κ3) is 3.01. The van der Waals surface area contributed by atoms with E-state index in [9.17, 15) is 4.79 Å². The van der Waals surface area contributed by atoms with E-state index in [2.05, 4.69) is 10.5 Å². The van der Waals surface area contributed by atoms with Gasteiger partial charge in [-0.05, 0) is 37.1 Å². The molecule has 1 aromatic rings. The molecule has 108 valence electrons. The van der Waals surface area contributed by atoms with Gasteiger partial charge in [-0.15, -0.1) is 0 Å². The van der Waals surface area contributed by atoms with Crippen LogP contribution in [0.5, 0.6) is 5.75 Å². The Hall–Kier alpha value is -2.24. The summed E-state index contributed by atoms with van der Waals surface area (Å²) < 4.78 is 5.05. The van der Waals surface area contributed by atoms with Crippen LogP contribution < -0.4 is 15.8 Å². The second-order valence-electron chi connectivity index (χ2n) is 4.87. The first kappa shape index (κ1) is 14.2. The molecule has 0 radical (unpaired) electrons. The molecule has 20 heavy (non-hydrogen) atoms. The van der Waals surface area contributed by atoms with Crippen molar-refractivity contribution < 1.29 is 14.7 Å². The molecular formula is C14H19N3O3. The van der Waals surface area contributed by atoms with Crippen molar-refractivity contribution in [2.75, 3.05) is 7.11 Å². The molecule has 6 nitrogen and oxygen atoms in total. The third-order valence-electron chi connectivity index (χ3n) is 3.68. The molecule has 0 aliphatic heterocycles. The molecular weight excluding hydrogens is 258 g/mol. The van der Waals surface area contributed by atoms with Crippen LogP contribution in [0.25, 0.3) is 0 Å². The predicted molar refractivity (Wildman–Crippen MR) is 75.0 cm³/mol. The molecule has 0 aromatic heterocycles. The second-order valence-corrected chi connectivity index (χ2v) is 4.87. The van der Waals surface area contributed by atoms with E-state index in [1.165, 1.54) is 0 Å². The Morgan fingerprint density at radius 1 is 1.40 bits per heavy atom. The highest BCUT2D eigenvalue weighted by Crippen LogP contribution is 2.26. The Morgan fingerprint density at radius 2 is 2.10 bits per heavy atom. The van der Waals surface area contributed by atoms with Crippen molar-refractivity contribution in [3.63, 3.8) is 0 Å². The van der Waals surface area contributed by atoms with Gasteiger partial charge >= 0.3 is 0 Å². The lowest BCUT2D eigenvalue weighted by Crippen LogP contribution is -2.42. The van der Waals surface area contributed by atoms with E-state index in [1.54, 1.807) is 31.4 Å². The molecule has 1 amide bonds. The SMILES string of the molecule is COc1ccc(C(=O)NC2CCCC2C(N)=NO)cc1. The summed E-state index contributed by atoms with van der Waals surface area (Å²) in [6, 6.07) is 6.82. The highest BCUT2D eigenvalue weighted by atomic mass is 16.5. The quantitative estimate of drug-likeness (QED) is 0.335. The molecule has 2 atom stereocenters. The largest absolute Gasteiger partial charge is 0.497 e. The minimum atomic E-state index is -0.157. The summed E-state index contributed by atoms with van der Waals surface area (Å²) in [4.78, 5) is 12.2. The van der Waals surface area contributed by atoms with Crippen LogP contribution in [-0.2, 0) is 0 Å². The average molecular weight is 277 g/mol. The molecule has 0 bridgehead atoms. The summed E-state index contributed by atoms with van der Waals surface area (Å²) in [6.45, 7) is 0. The van der Waals surface area contributed by atoms with Crippen molar-refractivity contribution in [1.29, 1.82) is 0 Å². The van der Waals surface area contributed by atoms with Crippen LogP contribution >= 0.6 is 0 Å². The van der Waals surface area contributed by atoms with Crippen LogP contribution in [0.4, 0.5) is 0 Å². The molecule has 1 saturated carbocycles. The zero-order valence-corrected chi connectivity index (χ0v) is 11.4. The number of benzene rings is 1. The number of nitrogens with two attached hydrogens (primary N) is 1. The molecule has 1 fully saturated rings. The summed E-state index contributed by atoms with van der Waals surface area (Å²) in [5, 5.41) is 14.8. The zero-order valence-electron chi connectivity index (χ0n) is 11.4. The van der Waals surface area contributed by atoms with Crippen molar-refractivity contribution >= 4 is 11.7 Å². The molecule has 1 aromatic carbocycles. The number of nitrogens with one attached hydrogen (secondary N) is 1. The Balaban J connectivity index is 2.03. The van der Waals surface area contributed by atoms with Gasteiger partial charge in [0.2, 0.25) is 0 Å². The Kier molecular flexibility index (Phi) is 4.45. The maximum atomic E-state index is 12.2. The number of oxime groups is 1. The maximum Gasteiger partial charge on any atom is 0.251 e. The molecule has 6 heteroatoms. The highest BCUT2D eigenvalue weighted by molar-refractivity contribution is 5.95. The molecule has 0 spiro atoms.